The quantitative estimate of drug-likeness (QED) is 0.372. The Labute approximate surface area is 58.8 Å². The van der Waals surface area contributed by atoms with E-state index in [-0.39, 0.29) is 12.1 Å². The standard InChI is InChI=1S/C6H11NO3/c8-3-1-7-5-4(9)2-10-6(3)5/h3-9H,1-2H2/t3-,4?,5-,6-/m1/s1. The van der Waals surface area contributed by atoms with Gasteiger partial charge in [0.05, 0.1) is 24.9 Å². The van der Waals surface area contributed by atoms with Crippen LogP contribution in [0.3, 0.4) is 0 Å². The average molecular weight is 145 g/mol. The van der Waals surface area contributed by atoms with Crippen LogP contribution in [0.25, 0.3) is 0 Å². The van der Waals surface area contributed by atoms with E-state index in [1.165, 1.54) is 0 Å². The molecule has 2 heterocycles. The predicted molar refractivity (Wildman–Crippen MR) is 33.5 cm³/mol. The highest BCUT2D eigenvalue weighted by Gasteiger charge is 2.44. The second-order valence-electron chi connectivity index (χ2n) is 2.87. The lowest BCUT2D eigenvalue weighted by Crippen LogP contribution is -2.36. The molecule has 0 aromatic rings. The van der Waals surface area contributed by atoms with Crippen molar-refractivity contribution in [3.8, 4) is 0 Å². The number of nitrogens with one attached hydrogen (secondary N) is 1. The lowest BCUT2D eigenvalue weighted by atomic mass is 10.1. The van der Waals surface area contributed by atoms with Crippen LogP contribution < -0.4 is 5.32 Å². The van der Waals surface area contributed by atoms with E-state index in [4.69, 9.17) is 4.74 Å². The smallest absolute Gasteiger partial charge is 0.103 e. The summed E-state index contributed by atoms with van der Waals surface area (Å²) >= 11 is 0. The van der Waals surface area contributed by atoms with E-state index < -0.39 is 12.2 Å². The topological polar surface area (TPSA) is 61.7 Å². The van der Waals surface area contributed by atoms with E-state index >= 15 is 0 Å². The molecule has 3 N–H and O–H groups in total. The summed E-state index contributed by atoms with van der Waals surface area (Å²) in [7, 11) is 0. The molecule has 58 valence electrons. The summed E-state index contributed by atoms with van der Waals surface area (Å²) in [6.45, 7) is 0.881. The van der Waals surface area contributed by atoms with Crippen LogP contribution in [0.1, 0.15) is 0 Å². The highest BCUT2D eigenvalue weighted by atomic mass is 16.5. The molecule has 4 nitrogen and oxygen atoms in total. The number of rotatable bonds is 0. The molecular weight excluding hydrogens is 134 g/mol. The van der Waals surface area contributed by atoms with E-state index in [1.807, 2.05) is 0 Å². The molecule has 0 aliphatic carbocycles. The first-order valence-corrected chi connectivity index (χ1v) is 3.50. The van der Waals surface area contributed by atoms with Gasteiger partial charge in [-0.05, 0) is 0 Å². The van der Waals surface area contributed by atoms with Crippen molar-refractivity contribution in [3.05, 3.63) is 0 Å². The first kappa shape index (κ1) is 6.54. The molecular formula is C6H11NO3. The third-order valence-corrected chi connectivity index (χ3v) is 2.17. The van der Waals surface area contributed by atoms with Crippen molar-refractivity contribution in [3.63, 3.8) is 0 Å². The van der Waals surface area contributed by atoms with Crippen LogP contribution in [0.4, 0.5) is 0 Å². The maximum atomic E-state index is 9.22. The molecule has 1 unspecified atom stereocenters. The summed E-state index contributed by atoms with van der Waals surface area (Å²) in [6, 6.07) is -0.0463. The van der Waals surface area contributed by atoms with Crippen molar-refractivity contribution in [2.75, 3.05) is 13.2 Å². The van der Waals surface area contributed by atoms with Gasteiger partial charge in [0.2, 0.25) is 0 Å². The predicted octanol–water partition coefficient (Wildman–Crippen LogP) is -1.92. The largest absolute Gasteiger partial charge is 0.389 e. The monoisotopic (exact) mass is 145 g/mol. The molecule has 0 bridgehead atoms. The molecule has 0 aromatic heterocycles. The molecule has 2 saturated heterocycles. The Bertz CT molecular complexity index is 125. The summed E-state index contributed by atoms with van der Waals surface area (Å²) in [5.41, 5.74) is 0. The normalized spacial score (nSPS) is 53.4. The van der Waals surface area contributed by atoms with Crippen LogP contribution in [0.15, 0.2) is 0 Å². The zero-order valence-electron chi connectivity index (χ0n) is 5.53. The second kappa shape index (κ2) is 2.17. The lowest BCUT2D eigenvalue weighted by molar-refractivity contribution is 0.0138. The van der Waals surface area contributed by atoms with Crippen LogP contribution in [-0.4, -0.2) is 47.7 Å². The van der Waals surface area contributed by atoms with Gasteiger partial charge in [0.1, 0.15) is 6.10 Å². The van der Waals surface area contributed by atoms with E-state index in [0.29, 0.717) is 13.2 Å². The molecule has 0 aromatic carbocycles. The molecule has 0 spiro atoms. The number of hydrogen-bond donors (Lipinski definition) is 3. The minimum absolute atomic E-state index is 0.0463. The van der Waals surface area contributed by atoms with Gasteiger partial charge >= 0.3 is 0 Å². The Morgan fingerprint density at radius 3 is 2.80 bits per heavy atom. The van der Waals surface area contributed by atoms with Gasteiger partial charge in [-0.25, -0.2) is 0 Å². The van der Waals surface area contributed by atoms with Crippen LogP contribution >= 0.6 is 0 Å². The van der Waals surface area contributed by atoms with Crippen molar-refractivity contribution < 1.29 is 14.9 Å². The number of hydrogen-bond acceptors (Lipinski definition) is 4. The van der Waals surface area contributed by atoms with Crippen molar-refractivity contribution >= 4 is 0 Å². The highest BCUT2D eigenvalue weighted by molar-refractivity contribution is 4.99. The summed E-state index contributed by atoms with van der Waals surface area (Å²) in [6.07, 6.45) is -1.07. The van der Waals surface area contributed by atoms with Gasteiger partial charge in [-0.2, -0.15) is 0 Å². The van der Waals surface area contributed by atoms with Gasteiger partial charge in [0, 0.05) is 6.54 Å². The molecule has 10 heavy (non-hydrogen) atoms. The van der Waals surface area contributed by atoms with Crippen LogP contribution in [0.5, 0.6) is 0 Å². The summed E-state index contributed by atoms with van der Waals surface area (Å²) in [5, 5.41) is 21.4. The van der Waals surface area contributed by atoms with Crippen LogP contribution in [0.2, 0.25) is 0 Å². The zero-order chi connectivity index (χ0) is 7.14. The van der Waals surface area contributed by atoms with Gasteiger partial charge in [-0.15, -0.1) is 0 Å². The number of aliphatic hydroxyl groups excluding tert-OH is 2. The Hall–Kier alpha value is -0.160. The molecule has 2 rings (SSSR count). The van der Waals surface area contributed by atoms with E-state index in [1.54, 1.807) is 0 Å². The maximum absolute atomic E-state index is 9.22. The fourth-order valence-corrected chi connectivity index (χ4v) is 1.61. The summed E-state index contributed by atoms with van der Waals surface area (Å²) < 4.78 is 5.14. The molecule has 4 heteroatoms. The number of aliphatic hydroxyl groups is 2. The first-order chi connectivity index (χ1) is 4.79. The number of β-amino-alcohol motifs (C(OH)–C–C–N with tert-alkyl or cyclic N) is 1. The van der Waals surface area contributed by atoms with Crippen LogP contribution in [-0.2, 0) is 4.74 Å². The van der Waals surface area contributed by atoms with Gasteiger partial charge in [-0.3, -0.25) is 0 Å². The molecule has 4 atom stereocenters. The van der Waals surface area contributed by atoms with Gasteiger partial charge in [0.15, 0.2) is 0 Å². The fraction of sp³-hybridized carbons (Fsp3) is 1.00. The third-order valence-electron chi connectivity index (χ3n) is 2.17. The molecule has 2 fully saturated rings. The van der Waals surface area contributed by atoms with Crippen molar-refractivity contribution in [2.24, 2.45) is 0 Å². The lowest BCUT2D eigenvalue weighted by Gasteiger charge is -2.10. The zero-order valence-corrected chi connectivity index (χ0v) is 5.53. The second-order valence-corrected chi connectivity index (χ2v) is 2.87. The Kier molecular flexibility index (Phi) is 1.42. The minimum Gasteiger partial charge on any atom is -0.389 e. The van der Waals surface area contributed by atoms with Crippen LogP contribution in [0, 0.1) is 0 Å². The SMILES string of the molecule is OC1CO[C@@H]2[C@H](O)CN[C@H]12. The molecule has 2 aliphatic rings. The fourth-order valence-electron chi connectivity index (χ4n) is 1.61. The third kappa shape index (κ3) is 0.769. The summed E-state index contributed by atoms with van der Waals surface area (Å²) in [5.74, 6) is 0. The molecule has 2 aliphatic heterocycles. The highest BCUT2D eigenvalue weighted by Crippen LogP contribution is 2.21. The van der Waals surface area contributed by atoms with E-state index in [9.17, 15) is 10.2 Å². The maximum Gasteiger partial charge on any atom is 0.103 e. The Balaban J connectivity index is 2.09. The van der Waals surface area contributed by atoms with Crippen molar-refractivity contribution in [1.29, 1.82) is 0 Å². The Morgan fingerprint density at radius 1 is 1.30 bits per heavy atom. The number of ether oxygens (including phenoxy) is 1. The molecule has 0 saturated carbocycles. The van der Waals surface area contributed by atoms with Gasteiger partial charge in [-0.1, -0.05) is 0 Å². The van der Waals surface area contributed by atoms with Crippen molar-refractivity contribution in [1.82, 2.24) is 5.32 Å². The molecule has 0 amide bonds. The van der Waals surface area contributed by atoms with Gasteiger partial charge in [0.25, 0.3) is 0 Å². The Morgan fingerprint density at radius 2 is 2.10 bits per heavy atom. The average Bonchev–Trinajstić information content (AvgIpc) is 2.41. The minimum atomic E-state index is -0.442. The molecule has 0 radical (unpaired) electrons. The van der Waals surface area contributed by atoms with Crippen molar-refractivity contribution in [2.45, 2.75) is 24.4 Å². The first-order valence-electron chi connectivity index (χ1n) is 3.50. The van der Waals surface area contributed by atoms with E-state index in [0.717, 1.165) is 0 Å². The van der Waals surface area contributed by atoms with E-state index in [2.05, 4.69) is 5.32 Å². The van der Waals surface area contributed by atoms with Gasteiger partial charge < -0.3 is 20.3 Å². The summed E-state index contributed by atoms with van der Waals surface area (Å²) in [4.78, 5) is 0. The number of fused-ring (bicyclic) bond motifs is 1.